The van der Waals surface area contributed by atoms with Crippen molar-refractivity contribution in [2.75, 3.05) is 0 Å². The molecule has 3 N–H and O–H groups in total. The van der Waals surface area contributed by atoms with Crippen molar-refractivity contribution < 1.29 is 68.1 Å². The fourth-order valence-electron chi connectivity index (χ4n) is 0. The molecule has 10 nitrogen and oxygen atoms in total. The van der Waals surface area contributed by atoms with Gasteiger partial charge in [0.15, 0.2) is 0 Å². The van der Waals surface area contributed by atoms with Crippen LogP contribution in [0.2, 0.25) is 0 Å². The van der Waals surface area contributed by atoms with E-state index in [-0.39, 0.29) is 19.5 Å². The van der Waals surface area contributed by atoms with E-state index in [1.54, 1.807) is 9.47 Å². The summed E-state index contributed by atoms with van der Waals surface area (Å²) in [6.07, 6.45) is 0. The van der Waals surface area contributed by atoms with Crippen molar-refractivity contribution in [1.29, 1.82) is 0 Å². The largest absolute Gasteiger partial charge is 4.00 e. The Morgan fingerprint density at radius 3 is 0.833 bits per heavy atom. The van der Waals surface area contributed by atoms with E-state index in [1.165, 1.54) is 0 Å². The van der Waals surface area contributed by atoms with Gasteiger partial charge in [-0.15, -0.1) is 0 Å². The second kappa shape index (κ2) is 290. The molecule has 0 aliphatic carbocycles. The molecule has 0 saturated heterocycles. The van der Waals surface area contributed by atoms with Crippen LogP contribution in [0.3, 0.4) is 0 Å². The Morgan fingerprint density at radius 1 is 0.778 bits per heavy atom. The van der Waals surface area contributed by atoms with Crippen molar-refractivity contribution in [3.63, 3.8) is 0 Å². The van der Waals surface area contributed by atoms with Gasteiger partial charge in [0.05, 0.1) is 0 Å². The summed E-state index contributed by atoms with van der Waals surface area (Å²) >= 11 is 0. The van der Waals surface area contributed by atoms with Crippen molar-refractivity contribution in [1.82, 2.24) is 0 Å². The van der Waals surface area contributed by atoms with Crippen LogP contribution in [0.4, 0.5) is 0 Å². The zero-order chi connectivity index (χ0) is 15.5. The summed E-state index contributed by atoms with van der Waals surface area (Å²) in [6.45, 7) is 11.6. The van der Waals surface area contributed by atoms with E-state index in [4.69, 9.17) is 44.1 Å². The molecule has 0 fully saturated rings. The van der Waals surface area contributed by atoms with Gasteiger partial charge in [0.2, 0.25) is 0 Å². The van der Waals surface area contributed by atoms with Gasteiger partial charge >= 0.3 is 19.5 Å². The van der Waals surface area contributed by atoms with Gasteiger partial charge < -0.3 is 39.0 Å². The molecular formula is C6H5O10PRu. The fourth-order valence-corrected chi connectivity index (χ4v) is 0. The van der Waals surface area contributed by atoms with Gasteiger partial charge in [-0.2, -0.15) is 0 Å². The molecule has 0 aromatic carbocycles. The second-order valence-electron chi connectivity index (χ2n) is 0.475. The van der Waals surface area contributed by atoms with Crippen LogP contribution in [0, 0.1) is 0 Å². The van der Waals surface area contributed by atoms with Crippen LogP contribution in [-0.4, -0.2) is 54.8 Å². The monoisotopic (exact) mass is 370 g/mol. The molecule has 1 unspecified atom stereocenters. The Bertz CT molecular complexity index is 119. The minimum atomic E-state index is 0. The van der Waals surface area contributed by atoms with Gasteiger partial charge in [0.25, 0.3) is 13.6 Å². The van der Waals surface area contributed by atoms with Gasteiger partial charge in [0, 0.05) is 9.47 Å². The minimum Gasteiger partial charge on any atom is -0.665 e. The SMILES string of the molecule is O=[C-]O.O=[C-]O.O=[C-]O.O=[C-]OP.[C]=O.[C]=O.[Ru+4]. The summed E-state index contributed by atoms with van der Waals surface area (Å²) in [4.78, 5) is 48.5. The molecule has 0 heterocycles. The van der Waals surface area contributed by atoms with E-state index >= 15 is 0 Å². The normalized spacial score (nSPS) is 3.61. The molecule has 0 saturated carbocycles. The Kier molecular flexibility index (Phi) is 712. The number of hydrogen-bond acceptors (Lipinski definition) is 7. The van der Waals surface area contributed by atoms with E-state index in [2.05, 4.69) is 18.1 Å². The third-order valence-corrected chi connectivity index (χ3v) is 0.144. The van der Waals surface area contributed by atoms with E-state index < -0.39 is 0 Å². The van der Waals surface area contributed by atoms with E-state index in [1.807, 2.05) is 0 Å². The van der Waals surface area contributed by atoms with Gasteiger partial charge in [0.1, 0.15) is 0 Å². The quantitative estimate of drug-likeness (QED) is 0.264. The molecule has 0 spiro atoms. The predicted octanol–water partition coefficient (Wildman–Crippen LogP) is -2.10. The van der Waals surface area contributed by atoms with Crippen LogP contribution in [0.15, 0.2) is 0 Å². The smallest absolute Gasteiger partial charge is 0.665 e. The molecule has 0 rings (SSSR count). The molecular weight excluding hydrogens is 364 g/mol. The number of carbonyl (C=O) groups excluding carboxylic acids is 3. The summed E-state index contributed by atoms with van der Waals surface area (Å²) in [5.41, 5.74) is 0. The predicted molar refractivity (Wildman–Crippen MR) is 52.8 cm³/mol. The molecule has 18 heavy (non-hydrogen) atoms. The zero-order valence-corrected chi connectivity index (χ0v) is 11.0. The maximum Gasteiger partial charge on any atom is 4.00 e. The minimum absolute atomic E-state index is 0. The van der Waals surface area contributed by atoms with E-state index in [0.29, 0.717) is 19.4 Å². The molecule has 0 aromatic rings. The van der Waals surface area contributed by atoms with Crippen molar-refractivity contribution in [3.8, 4) is 0 Å². The van der Waals surface area contributed by atoms with Gasteiger partial charge in [-0.05, 0) is 0 Å². The van der Waals surface area contributed by atoms with Crippen molar-refractivity contribution in [2.45, 2.75) is 0 Å². The first-order valence-electron chi connectivity index (χ1n) is 2.34. The van der Waals surface area contributed by atoms with Gasteiger partial charge in [-0.1, -0.05) is 25.9 Å². The number of rotatable bonds is 1. The molecule has 0 amide bonds. The maximum atomic E-state index is 8.81. The first kappa shape index (κ1) is 44.1. The molecule has 0 aliphatic rings. The molecule has 1 atom stereocenters. The molecule has 12 heteroatoms. The van der Waals surface area contributed by atoms with E-state index in [9.17, 15) is 0 Å². The summed E-state index contributed by atoms with van der Waals surface area (Å²) < 4.78 is 3.65. The molecule has 4 radical (unpaired) electrons. The summed E-state index contributed by atoms with van der Waals surface area (Å²) in [5.74, 6) is 0. The Morgan fingerprint density at radius 2 is 0.833 bits per heavy atom. The van der Waals surface area contributed by atoms with Crippen LogP contribution in [0.1, 0.15) is 0 Å². The Labute approximate surface area is 117 Å². The molecule has 102 valence electrons. The van der Waals surface area contributed by atoms with Crippen LogP contribution >= 0.6 is 9.47 Å². The van der Waals surface area contributed by atoms with Crippen LogP contribution in [0.5, 0.6) is 0 Å². The first-order chi connectivity index (χ1) is 8.16. The van der Waals surface area contributed by atoms with Gasteiger partial charge in [-0.3, -0.25) is 9.59 Å². The van der Waals surface area contributed by atoms with Crippen molar-refractivity contribution in [3.05, 3.63) is 0 Å². The third-order valence-electron chi connectivity index (χ3n) is 0.0481. The summed E-state index contributed by atoms with van der Waals surface area (Å²) in [7, 11) is 1.73. The third kappa shape index (κ3) is 4760. The van der Waals surface area contributed by atoms with Crippen LogP contribution in [0.25, 0.3) is 0 Å². The average Bonchev–Trinajstić information content (AvgIpc) is 2.37. The standard InChI is InChI=1S/CH2O2P.3CHO2.2CO.Ru/c2-1-3-4;3*2-1-3;2*1-2;/h4H2;3*(H,2,3);;;/q4*-1;;;+4. The first-order valence-corrected chi connectivity index (χ1v) is 2.81. The van der Waals surface area contributed by atoms with Crippen molar-refractivity contribution >= 4 is 48.9 Å². The van der Waals surface area contributed by atoms with Crippen LogP contribution in [-0.2, 0) is 52.8 Å². The Hall–Kier alpha value is -1.73. The maximum absolute atomic E-state index is 8.81. The van der Waals surface area contributed by atoms with Crippen LogP contribution < -0.4 is 0 Å². The Balaban J connectivity index is -0.0000000163. The summed E-state index contributed by atoms with van der Waals surface area (Å²) in [5, 5.41) is 20.3. The zero-order valence-electron chi connectivity index (χ0n) is 8.13. The molecule has 0 aromatic heterocycles. The topological polar surface area (TPSA) is 172 Å². The van der Waals surface area contributed by atoms with Gasteiger partial charge in [-0.25, -0.2) is 0 Å². The van der Waals surface area contributed by atoms with Crippen molar-refractivity contribution in [2.24, 2.45) is 0 Å². The number of hydrogen-bond donors (Lipinski definition) is 3. The van der Waals surface area contributed by atoms with E-state index in [0.717, 1.165) is 6.47 Å². The second-order valence-corrected chi connectivity index (χ2v) is 0.711. The number of aliphatic hydroxyl groups excluding tert-OH is 3. The average molecular weight is 369 g/mol. The molecule has 0 bridgehead atoms. The molecule has 0 aliphatic heterocycles. The summed E-state index contributed by atoms with van der Waals surface area (Å²) in [6, 6.07) is 0. The fraction of sp³-hybridized carbons (Fsp3) is 0.